The van der Waals surface area contributed by atoms with Crippen LogP contribution in [0, 0.1) is 6.92 Å². The van der Waals surface area contributed by atoms with E-state index in [0.717, 1.165) is 15.6 Å². The lowest BCUT2D eigenvalue weighted by Crippen LogP contribution is -2.12. The molecule has 4 nitrogen and oxygen atoms in total. The monoisotopic (exact) mass is 355 g/mol. The van der Waals surface area contributed by atoms with Crippen LogP contribution in [0.5, 0.6) is 5.75 Å². The predicted molar refractivity (Wildman–Crippen MR) is 81.0 cm³/mol. The highest BCUT2D eigenvalue weighted by molar-refractivity contribution is 9.10. The van der Waals surface area contributed by atoms with Crippen molar-refractivity contribution in [3.63, 3.8) is 0 Å². The fourth-order valence-corrected chi connectivity index (χ4v) is 2.57. The topological polar surface area (TPSA) is 69.4 Å². The van der Waals surface area contributed by atoms with Crippen LogP contribution in [-0.4, -0.2) is 8.42 Å². The van der Waals surface area contributed by atoms with Gasteiger partial charge in [-0.25, -0.2) is 13.6 Å². The van der Waals surface area contributed by atoms with Gasteiger partial charge in [0.05, 0.1) is 4.90 Å². The van der Waals surface area contributed by atoms with Crippen molar-refractivity contribution in [2.45, 2.75) is 18.4 Å². The molecule has 0 heterocycles. The molecule has 20 heavy (non-hydrogen) atoms. The van der Waals surface area contributed by atoms with E-state index in [1.54, 1.807) is 13.0 Å². The molecule has 0 unspecified atom stereocenters. The Hall–Kier alpha value is -1.37. The molecular formula is C14H14BrNO3S. The normalized spacial score (nSPS) is 11.3. The maximum absolute atomic E-state index is 11.2. The smallest absolute Gasteiger partial charge is 0.238 e. The molecule has 0 aliphatic rings. The molecule has 0 aromatic heterocycles. The average Bonchev–Trinajstić information content (AvgIpc) is 2.38. The number of sulfonamides is 1. The molecule has 2 N–H and O–H groups in total. The fourth-order valence-electron chi connectivity index (χ4n) is 1.70. The van der Waals surface area contributed by atoms with Gasteiger partial charge in [0, 0.05) is 4.47 Å². The zero-order chi connectivity index (χ0) is 14.8. The summed E-state index contributed by atoms with van der Waals surface area (Å²) in [5, 5.41) is 5.08. The van der Waals surface area contributed by atoms with Gasteiger partial charge in [-0.3, -0.25) is 0 Å². The summed E-state index contributed by atoms with van der Waals surface area (Å²) in [6.45, 7) is 2.20. The first-order chi connectivity index (χ1) is 9.36. The second-order valence-corrected chi connectivity index (χ2v) is 6.86. The molecule has 0 fully saturated rings. The van der Waals surface area contributed by atoms with Crippen molar-refractivity contribution < 1.29 is 13.2 Å². The Morgan fingerprint density at radius 1 is 1.15 bits per heavy atom. The van der Waals surface area contributed by atoms with E-state index in [1.807, 2.05) is 24.3 Å². The number of aryl methyl sites for hydroxylation is 1. The maximum Gasteiger partial charge on any atom is 0.238 e. The number of nitrogens with two attached hydrogens (primary N) is 1. The molecule has 0 saturated carbocycles. The van der Waals surface area contributed by atoms with Gasteiger partial charge in [-0.15, -0.1) is 0 Å². The zero-order valence-electron chi connectivity index (χ0n) is 10.8. The fraction of sp³-hybridized carbons (Fsp3) is 0.143. The number of hydrogen-bond donors (Lipinski definition) is 1. The van der Waals surface area contributed by atoms with Gasteiger partial charge >= 0.3 is 0 Å². The van der Waals surface area contributed by atoms with Crippen LogP contribution in [0.4, 0.5) is 0 Å². The van der Waals surface area contributed by atoms with Crippen molar-refractivity contribution in [2.24, 2.45) is 5.14 Å². The van der Waals surface area contributed by atoms with Gasteiger partial charge in [-0.05, 0) is 48.4 Å². The number of ether oxygens (including phenoxy) is 1. The Morgan fingerprint density at radius 3 is 2.35 bits per heavy atom. The Kier molecular flexibility index (Phi) is 4.47. The van der Waals surface area contributed by atoms with Crippen molar-refractivity contribution in [2.75, 3.05) is 0 Å². The Balaban J connectivity index is 2.12. The highest BCUT2D eigenvalue weighted by Crippen LogP contribution is 2.22. The van der Waals surface area contributed by atoms with Gasteiger partial charge in [-0.2, -0.15) is 0 Å². The third-order valence-electron chi connectivity index (χ3n) is 2.78. The highest BCUT2D eigenvalue weighted by Gasteiger charge is 2.10. The van der Waals surface area contributed by atoms with E-state index in [0.29, 0.717) is 12.4 Å². The van der Waals surface area contributed by atoms with Crippen LogP contribution >= 0.6 is 15.9 Å². The van der Waals surface area contributed by atoms with Crippen LogP contribution in [0.2, 0.25) is 0 Å². The standard InChI is InChI=1S/C14H14BrNO3S/c1-10-8-13(20(16,17)18)6-7-14(10)19-9-11-2-4-12(15)5-3-11/h2-8H,9H2,1H3,(H2,16,17,18). The maximum atomic E-state index is 11.2. The molecule has 0 bridgehead atoms. The van der Waals surface area contributed by atoms with Crippen molar-refractivity contribution >= 4 is 26.0 Å². The molecule has 2 rings (SSSR count). The van der Waals surface area contributed by atoms with E-state index in [4.69, 9.17) is 9.88 Å². The van der Waals surface area contributed by atoms with Crippen LogP contribution in [0.15, 0.2) is 51.8 Å². The molecule has 0 aliphatic carbocycles. The average molecular weight is 356 g/mol. The summed E-state index contributed by atoms with van der Waals surface area (Å²) in [7, 11) is -3.67. The molecule has 106 valence electrons. The summed E-state index contributed by atoms with van der Waals surface area (Å²) >= 11 is 3.37. The lowest BCUT2D eigenvalue weighted by atomic mass is 10.2. The molecule has 0 spiro atoms. The minimum atomic E-state index is -3.67. The van der Waals surface area contributed by atoms with E-state index in [1.165, 1.54) is 12.1 Å². The van der Waals surface area contributed by atoms with Gasteiger partial charge in [0.1, 0.15) is 12.4 Å². The minimum Gasteiger partial charge on any atom is -0.489 e. The van der Waals surface area contributed by atoms with Crippen molar-refractivity contribution in [1.29, 1.82) is 0 Å². The predicted octanol–water partition coefficient (Wildman–Crippen LogP) is 2.98. The molecule has 0 radical (unpaired) electrons. The van der Waals surface area contributed by atoms with Crippen molar-refractivity contribution in [3.05, 3.63) is 58.1 Å². The number of halogens is 1. The first kappa shape index (κ1) is 15.0. The van der Waals surface area contributed by atoms with Gasteiger partial charge in [0.2, 0.25) is 10.0 Å². The summed E-state index contributed by atoms with van der Waals surface area (Å²) < 4.78 is 29.2. The molecule has 0 saturated heterocycles. The van der Waals surface area contributed by atoms with Crippen LogP contribution in [0.3, 0.4) is 0 Å². The number of hydrogen-bond acceptors (Lipinski definition) is 3. The molecule has 0 aliphatic heterocycles. The van der Waals surface area contributed by atoms with Crippen LogP contribution in [-0.2, 0) is 16.6 Å². The van der Waals surface area contributed by atoms with Gasteiger partial charge < -0.3 is 4.74 Å². The Morgan fingerprint density at radius 2 is 1.80 bits per heavy atom. The zero-order valence-corrected chi connectivity index (χ0v) is 13.2. The number of primary sulfonamides is 1. The minimum absolute atomic E-state index is 0.0889. The van der Waals surface area contributed by atoms with Crippen LogP contribution < -0.4 is 9.88 Å². The van der Waals surface area contributed by atoms with E-state index in [-0.39, 0.29) is 4.90 Å². The molecule has 2 aromatic carbocycles. The second-order valence-electron chi connectivity index (χ2n) is 4.39. The first-order valence-electron chi connectivity index (χ1n) is 5.87. The molecule has 6 heteroatoms. The highest BCUT2D eigenvalue weighted by atomic mass is 79.9. The lowest BCUT2D eigenvalue weighted by Gasteiger charge is -2.10. The molecule has 0 amide bonds. The molecular weight excluding hydrogens is 342 g/mol. The van der Waals surface area contributed by atoms with Gasteiger partial charge in [0.15, 0.2) is 0 Å². The number of rotatable bonds is 4. The van der Waals surface area contributed by atoms with Gasteiger partial charge in [-0.1, -0.05) is 28.1 Å². The van der Waals surface area contributed by atoms with Crippen molar-refractivity contribution in [3.8, 4) is 5.75 Å². The Labute approximate surface area is 126 Å². The summed E-state index contributed by atoms with van der Waals surface area (Å²) in [6, 6.07) is 12.4. The molecule has 0 atom stereocenters. The summed E-state index contributed by atoms with van der Waals surface area (Å²) in [4.78, 5) is 0.0889. The van der Waals surface area contributed by atoms with Crippen LogP contribution in [0.25, 0.3) is 0 Å². The summed E-state index contributed by atoms with van der Waals surface area (Å²) in [6.07, 6.45) is 0. The SMILES string of the molecule is Cc1cc(S(N)(=O)=O)ccc1OCc1ccc(Br)cc1. The summed E-state index contributed by atoms with van der Waals surface area (Å²) in [5.74, 6) is 0.639. The van der Waals surface area contributed by atoms with Gasteiger partial charge in [0.25, 0.3) is 0 Å². The van der Waals surface area contributed by atoms with E-state index in [2.05, 4.69) is 15.9 Å². The second kappa shape index (κ2) is 5.95. The Bertz CT molecular complexity index is 712. The summed E-state index contributed by atoms with van der Waals surface area (Å²) in [5.41, 5.74) is 1.76. The largest absolute Gasteiger partial charge is 0.489 e. The molecule has 2 aromatic rings. The third-order valence-corrected chi connectivity index (χ3v) is 4.22. The first-order valence-corrected chi connectivity index (χ1v) is 8.21. The third kappa shape index (κ3) is 3.82. The van der Waals surface area contributed by atoms with Crippen LogP contribution in [0.1, 0.15) is 11.1 Å². The quantitative estimate of drug-likeness (QED) is 0.916. The number of benzene rings is 2. The van der Waals surface area contributed by atoms with Crippen molar-refractivity contribution in [1.82, 2.24) is 0 Å². The van der Waals surface area contributed by atoms with E-state index in [9.17, 15) is 8.42 Å². The van der Waals surface area contributed by atoms with E-state index >= 15 is 0 Å². The lowest BCUT2D eigenvalue weighted by molar-refractivity contribution is 0.304. The van der Waals surface area contributed by atoms with E-state index < -0.39 is 10.0 Å².